The molecule has 0 saturated carbocycles. The number of carbonyl (C=O) groups is 1. The second kappa shape index (κ2) is 7.47. The highest BCUT2D eigenvalue weighted by Crippen LogP contribution is 2.31. The van der Waals surface area contributed by atoms with Gasteiger partial charge in [0.15, 0.2) is 0 Å². The van der Waals surface area contributed by atoms with Crippen molar-refractivity contribution in [1.82, 2.24) is 0 Å². The Labute approximate surface area is 144 Å². The van der Waals surface area contributed by atoms with Crippen LogP contribution in [0.3, 0.4) is 0 Å². The summed E-state index contributed by atoms with van der Waals surface area (Å²) in [6, 6.07) is 13.7. The van der Waals surface area contributed by atoms with E-state index in [9.17, 15) is 4.79 Å². The molecule has 5 heteroatoms. The first-order valence-electron chi connectivity index (χ1n) is 6.00. The highest BCUT2D eigenvalue weighted by atomic mass is 127. The lowest BCUT2D eigenvalue weighted by atomic mass is 10.2. The Morgan fingerprint density at radius 2 is 1.85 bits per heavy atom. The lowest BCUT2D eigenvalue weighted by molar-refractivity contribution is 0.0526. The van der Waals surface area contributed by atoms with E-state index in [4.69, 9.17) is 4.74 Å². The molecule has 0 N–H and O–H groups in total. The van der Waals surface area contributed by atoms with Crippen molar-refractivity contribution < 1.29 is 9.53 Å². The molecule has 0 bridgehead atoms. The second-order valence-electron chi connectivity index (χ2n) is 3.92. The Morgan fingerprint density at radius 1 is 1.20 bits per heavy atom. The van der Waals surface area contributed by atoms with Crippen LogP contribution in [0.25, 0.3) is 0 Å². The van der Waals surface area contributed by atoms with E-state index in [0.717, 1.165) is 14.3 Å². The number of hydrogen-bond donors (Lipinski definition) is 0. The lowest BCUT2D eigenvalue weighted by Gasteiger charge is -2.05. The van der Waals surface area contributed by atoms with Gasteiger partial charge >= 0.3 is 5.97 Å². The number of ether oxygens (including phenoxy) is 1. The Morgan fingerprint density at radius 3 is 2.45 bits per heavy atom. The summed E-state index contributed by atoms with van der Waals surface area (Å²) >= 11 is 7.47. The molecule has 2 aromatic carbocycles. The van der Waals surface area contributed by atoms with Crippen molar-refractivity contribution in [1.29, 1.82) is 0 Å². The number of benzene rings is 2. The van der Waals surface area contributed by atoms with Gasteiger partial charge in [-0.3, -0.25) is 0 Å². The Balaban J connectivity index is 2.10. The second-order valence-corrected chi connectivity index (χ2v) is 7.09. The quantitative estimate of drug-likeness (QED) is 0.450. The summed E-state index contributed by atoms with van der Waals surface area (Å²) in [5.41, 5.74) is 0.583. The molecule has 2 aromatic rings. The molecular weight excluding hydrogens is 451 g/mol. The largest absolute Gasteiger partial charge is 0.462 e. The third kappa shape index (κ3) is 4.23. The molecule has 0 aromatic heterocycles. The summed E-state index contributed by atoms with van der Waals surface area (Å²) in [4.78, 5) is 13.8. The number of rotatable bonds is 4. The minimum atomic E-state index is -0.277. The summed E-state index contributed by atoms with van der Waals surface area (Å²) in [5, 5.41) is 0. The maximum absolute atomic E-state index is 11.6. The van der Waals surface area contributed by atoms with Gasteiger partial charge in [0, 0.05) is 17.8 Å². The van der Waals surface area contributed by atoms with E-state index in [-0.39, 0.29) is 5.97 Å². The number of carbonyl (C=O) groups excluding carboxylic acids is 1. The number of esters is 1. The normalized spacial score (nSPS) is 10.3. The van der Waals surface area contributed by atoms with Gasteiger partial charge in [-0.05, 0) is 87.9 Å². The predicted molar refractivity (Wildman–Crippen MR) is 93.4 cm³/mol. The Kier molecular flexibility index (Phi) is 5.92. The average Bonchev–Trinajstić information content (AvgIpc) is 2.44. The van der Waals surface area contributed by atoms with Gasteiger partial charge < -0.3 is 4.74 Å². The van der Waals surface area contributed by atoms with E-state index in [1.54, 1.807) is 30.8 Å². The molecule has 20 heavy (non-hydrogen) atoms. The van der Waals surface area contributed by atoms with Crippen molar-refractivity contribution in [3.05, 3.63) is 56.1 Å². The van der Waals surface area contributed by atoms with Gasteiger partial charge in [-0.2, -0.15) is 0 Å². The van der Waals surface area contributed by atoms with Crippen LogP contribution in [0, 0.1) is 3.57 Å². The number of halogens is 2. The van der Waals surface area contributed by atoms with Crippen molar-refractivity contribution in [2.75, 3.05) is 6.61 Å². The molecule has 0 aliphatic heterocycles. The summed E-state index contributed by atoms with van der Waals surface area (Å²) in [5.74, 6) is -0.277. The fourth-order valence-electron chi connectivity index (χ4n) is 1.55. The monoisotopic (exact) mass is 462 g/mol. The van der Waals surface area contributed by atoms with Gasteiger partial charge in [0.2, 0.25) is 0 Å². The van der Waals surface area contributed by atoms with Crippen LogP contribution in [0.4, 0.5) is 0 Å². The molecule has 2 rings (SSSR count). The first-order chi connectivity index (χ1) is 9.60. The van der Waals surface area contributed by atoms with Crippen molar-refractivity contribution in [3.63, 3.8) is 0 Å². The van der Waals surface area contributed by atoms with Crippen molar-refractivity contribution >= 4 is 56.3 Å². The zero-order valence-corrected chi connectivity index (χ0v) is 15.3. The highest BCUT2D eigenvalue weighted by Gasteiger charge is 2.06. The van der Waals surface area contributed by atoms with E-state index >= 15 is 0 Å². The first-order valence-corrected chi connectivity index (χ1v) is 8.69. The van der Waals surface area contributed by atoms with E-state index in [2.05, 4.69) is 56.7 Å². The summed E-state index contributed by atoms with van der Waals surface area (Å²) in [6.45, 7) is 2.20. The first kappa shape index (κ1) is 15.9. The zero-order valence-electron chi connectivity index (χ0n) is 10.7. The van der Waals surface area contributed by atoms with E-state index < -0.39 is 0 Å². The minimum Gasteiger partial charge on any atom is -0.462 e. The topological polar surface area (TPSA) is 26.3 Å². The van der Waals surface area contributed by atoms with E-state index in [0.29, 0.717) is 12.2 Å². The molecular formula is C15H12BrIO2S. The van der Waals surface area contributed by atoms with Crippen LogP contribution in [0.5, 0.6) is 0 Å². The van der Waals surface area contributed by atoms with Crippen LogP contribution in [0.2, 0.25) is 0 Å². The molecule has 0 heterocycles. The van der Waals surface area contributed by atoms with Crippen LogP contribution >= 0.6 is 50.3 Å². The maximum Gasteiger partial charge on any atom is 0.338 e. The minimum absolute atomic E-state index is 0.277. The van der Waals surface area contributed by atoms with Crippen LogP contribution < -0.4 is 0 Å². The van der Waals surface area contributed by atoms with Gasteiger partial charge in [-0.15, -0.1) is 0 Å². The fourth-order valence-corrected chi connectivity index (χ4v) is 3.27. The molecule has 104 valence electrons. The van der Waals surface area contributed by atoms with Crippen LogP contribution in [0.15, 0.2) is 56.7 Å². The van der Waals surface area contributed by atoms with Crippen molar-refractivity contribution in [2.24, 2.45) is 0 Å². The summed E-state index contributed by atoms with van der Waals surface area (Å²) in [7, 11) is 0. The van der Waals surface area contributed by atoms with Gasteiger partial charge in [0.1, 0.15) is 0 Å². The Bertz CT molecular complexity index is 614. The maximum atomic E-state index is 11.6. The summed E-state index contributed by atoms with van der Waals surface area (Å²) in [6.07, 6.45) is 0. The van der Waals surface area contributed by atoms with E-state index in [1.807, 2.05) is 12.1 Å². The lowest BCUT2D eigenvalue weighted by Crippen LogP contribution is -2.03. The summed E-state index contributed by atoms with van der Waals surface area (Å²) < 4.78 is 7.24. The molecule has 2 nitrogen and oxygen atoms in total. The average molecular weight is 463 g/mol. The SMILES string of the molecule is CCOC(=O)c1ccc(Sc2ccc(I)c(Br)c2)cc1. The molecule has 0 fully saturated rings. The Hall–Kier alpha value is -0.530. The van der Waals surface area contributed by atoms with Crippen LogP contribution in [-0.2, 0) is 4.74 Å². The molecule has 0 aliphatic carbocycles. The molecule has 0 atom stereocenters. The molecule has 0 unspecified atom stereocenters. The third-order valence-corrected chi connectivity index (χ3v) is 5.83. The highest BCUT2D eigenvalue weighted by molar-refractivity contribution is 14.1. The smallest absolute Gasteiger partial charge is 0.338 e. The molecule has 0 saturated heterocycles. The van der Waals surface area contributed by atoms with E-state index in [1.165, 1.54) is 3.57 Å². The van der Waals surface area contributed by atoms with Gasteiger partial charge in [0.05, 0.1) is 12.2 Å². The van der Waals surface area contributed by atoms with Gasteiger partial charge in [-0.1, -0.05) is 11.8 Å². The molecule has 0 aliphatic rings. The predicted octanol–water partition coefficient (Wildman–Crippen LogP) is 5.38. The fraction of sp³-hybridized carbons (Fsp3) is 0.133. The van der Waals surface area contributed by atoms with Crippen LogP contribution in [0.1, 0.15) is 17.3 Å². The molecule has 0 amide bonds. The third-order valence-electron chi connectivity index (χ3n) is 2.49. The van der Waals surface area contributed by atoms with Crippen molar-refractivity contribution in [2.45, 2.75) is 16.7 Å². The number of hydrogen-bond acceptors (Lipinski definition) is 3. The zero-order chi connectivity index (χ0) is 14.5. The molecule has 0 radical (unpaired) electrons. The van der Waals surface area contributed by atoms with Gasteiger partial charge in [-0.25, -0.2) is 4.79 Å². The van der Waals surface area contributed by atoms with Crippen LogP contribution in [-0.4, -0.2) is 12.6 Å². The standard InChI is InChI=1S/C15H12BrIO2S/c1-2-19-15(18)10-3-5-11(6-4-10)20-12-7-8-14(17)13(16)9-12/h3-9H,2H2,1H3. The van der Waals surface area contributed by atoms with Crippen molar-refractivity contribution in [3.8, 4) is 0 Å². The van der Waals surface area contributed by atoms with Gasteiger partial charge in [0.25, 0.3) is 0 Å². The molecule has 0 spiro atoms.